The molecule has 0 aliphatic carbocycles. The third-order valence-corrected chi connectivity index (χ3v) is 5.79. The molecule has 1 saturated heterocycles. The Morgan fingerprint density at radius 3 is 2.42 bits per heavy atom. The van der Waals surface area contributed by atoms with Gasteiger partial charge in [0.25, 0.3) is 0 Å². The van der Waals surface area contributed by atoms with Crippen molar-refractivity contribution in [2.24, 2.45) is 0 Å². The van der Waals surface area contributed by atoms with Crippen LogP contribution in [-0.2, 0) is 26.2 Å². The van der Waals surface area contributed by atoms with Crippen LogP contribution >= 0.6 is 0 Å². The molecule has 2 aromatic rings. The lowest BCUT2D eigenvalue weighted by Crippen LogP contribution is -2.50. The van der Waals surface area contributed by atoms with Crippen LogP contribution in [-0.4, -0.2) is 66.4 Å². The molecule has 0 spiro atoms. The molecule has 140 valence electrons. The Hall–Kier alpha value is -2.39. The van der Waals surface area contributed by atoms with Crippen molar-refractivity contribution in [2.45, 2.75) is 13.5 Å². The average molecular weight is 378 g/mol. The molecular formula is C17H22N4O4S. The summed E-state index contributed by atoms with van der Waals surface area (Å²) in [6, 6.07) is 7.42. The summed E-state index contributed by atoms with van der Waals surface area (Å²) in [5.41, 5.74) is 1.57. The third-order valence-electron chi connectivity index (χ3n) is 4.49. The molecule has 1 aliphatic heterocycles. The highest BCUT2D eigenvalue weighted by atomic mass is 32.2. The van der Waals surface area contributed by atoms with Crippen LogP contribution in [0.2, 0.25) is 0 Å². The summed E-state index contributed by atoms with van der Waals surface area (Å²) in [7, 11) is -3.21. The van der Waals surface area contributed by atoms with Gasteiger partial charge in [-0.25, -0.2) is 8.42 Å². The highest BCUT2D eigenvalue weighted by Crippen LogP contribution is 2.24. The minimum Gasteiger partial charge on any atom is -0.339 e. The zero-order valence-corrected chi connectivity index (χ0v) is 15.6. The van der Waals surface area contributed by atoms with Crippen molar-refractivity contribution >= 4 is 38.4 Å². The molecule has 3 rings (SSSR count). The molecule has 1 N–H and O–H groups in total. The summed E-state index contributed by atoms with van der Waals surface area (Å²) >= 11 is 0. The van der Waals surface area contributed by atoms with Crippen molar-refractivity contribution in [3.63, 3.8) is 0 Å². The van der Waals surface area contributed by atoms with Gasteiger partial charge in [0.05, 0.1) is 17.5 Å². The van der Waals surface area contributed by atoms with E-state index in [4.69, 9.17) is 0 Å². The van der Waals surface area contributed by atoms with Gasteiger partial charge in [0, 0.05) is 44.7 Å². The van der Waals surface area contributed by atoms with Crippen molar-refractivity contribution in [3.05, 3.63) is 30.5 Å². The fourth-order valence-electron chi connectivity index (χ4n) is 3.17. The average Bonchev–Trinajstić information content (AvgIpc) is 2.98. The van der Waals surface area contributed by atoms with E-state index in [9.17, 15) is 18.0 Å². The number of carbonyl (C=O) groups excluding carboxylic acids is 2. The van der Waals surface area contributed by atoms with Gasteiger partial charge in [-0.3, -0.25) is 9.59 Å². The zero-order chi connectivity index (χ0) is 18.9. The van der Waals surface area contributed by atoms with Gasteiger partial charge in [-0.05, 0) is 18.2 Å². The number of rotatable bonds is 4. The van der Waals surface area contributed by atoms with Gasteiger partial charge in [-0.2, -0.15) is 4.31 Å². The summed E-state index contributed by atoms with van der Waals surface area (Å²) in [6.45, 7) is 3.05. The lowest BCUT2D eigenvalue weighted by Gasteiger charge is -2.33. The second kappa shape index (κ2) is 7.08. The van der Waals surface area contributed by atoms with E-state index in [1.165, 1.54) is 17.5 Å². The predicted molar refractivity (Wildman–Crippen MR) is 99.2 cm³/mol. The van der Waals surface area contributed by atoms with Crippen molar-refractivity contribution in [1.29, 1.82) is 0 Å². The van der Waals surface area contributed by atoms with E-state index in [1.807, 2.05) is 35.0 Å². The van der Waals surface area contributed by atoms with Gasteiger partial charge in [0.1, 0.15) is 6.54 Å². The van der Waals surface area contributed by atoms with Crippen LogP contribution in [0, 0.1) is 0 Å². The Morgan fingerprint density at radius 2 is 1.81 bits per heavy atom. The van der Waals surface area contributed by atoms with Crippen LogP contribution in [0.15, 0.2) is 30.5 Å². The van der Waals surface area contributed by atoms with Gasteiger partial charge in [0.2, 0.25) is 21.8 Å². The fourth-order valence-corrected chi connectivity index (χ4v) is 4.00. The first-order valence-corrected chi connectivity index (χ1v) is 10.2. The number of nitrogens with zero attached hydrogens (tertiary/aromatic N) is 3. The van der Waals surface area contributed by atoms with Crippen LogP contribution < -0.4 is 5.32 Å². The smallest absolute Gasteiger partial charge is 0.242 e. The molecule has 9 heteroatoms. The highest BCUT2D eigenvalue weighted by Gasteiger charge is 2.26. The Labute approximate surface area is 152 Å². The van der Waals surface area contributed by atoms with Crippen LogP contribution in [0.3, 0.4) is 0 Å². The first-order chi connectivity index (χ1) is 12.3. The van der Waals surface area contributed by atoms with Crippen molar-refractivity contribution in [3.8, 4) is 0 Å². The number of carbonyl (C=O) groups is 2. The van der Waals surface area contributed by atoms with E-state index in [1.54, 1.807) is 4.90 Å². The number of aromatic nitrogens is 1. The van der Waals surface area contributed by atoms with Crippen molar-refractivity contribution in [2.75, 3.05) is 37.8 Å². The number of hydrogen-bond donors (Lipinski definition) is 1. The molecule has 1 aromatic carbocycles. The number of benzene rings is 1. The number of sulfonamides is 1. The minimum absolute atomic E-state index is 0.0550. The molecule has 2 heterocycles. The lowest BCUT2D eigenvalue weighted by atomic mass is 10.2. The molecule has 0 radical (unpaired) electrons. The lowest BCUT2D eigenvalue weighted by molar-refractivity contribution is -0.132. The summed E-state index contributed by atoms with van der Waals surface area (Å²) in [5, 5.41) is 3.66. The molecule has 8 nitrogen and oxygen atoms in total. The zero-order valence-electron chi connectivity index (χ0n) is 14.8. The molecule has 0 saturated carbocycles. The first kappa shape index (κ1) is 18.4. The highest BCUT2D eigenvalue weighted by molar-refractivity contribution is 7.88. The monoisotopic (exact) mass is 378 g/mol. The molecule has 0 atom stereocenters. The van der Waals surface area contributed by atoms with Crippen LogP contribution in [0.1, 0.15) is 6.92 Å². The minimum atomic E-state index is -3.21. The maximum atomic E-state index is 12.6. The van der Waals surface area contributed by atoms with Gasteiger partial charge < -0.3 is 14.8 Å². The Bertz CT molecular complexity index is 943. The second-order valence-electron chi connectivity index (χ2n) is 6.41. The van der Waals surface area contributed by atoms with E-state index in [2.05, 4.69) is 5.32 Å². The SMILES string of the molecule is CC(=O)Nc1cccc2c1ccn2CC(=O)N1CCN(S(C)(=O)=O)CC1. The van der Waals surface area contributed by atoms with Crippen molar-refractivity contribution < 1.29 is 18.0 Å². The van der Waals surface area contributed by atoms with Crippen LogP contribution in [0.4, 0.5) is 5.69 Å². The molecule has 1 fully saturated rings. The number of piperazine rings is 1. The molecule has 0 unspecified atom stereocenters. The number of anilines is 1. The Morgan fingerprint density at radius 1 is 1.12 bits per heavy atom. The maximum absolute atomic E-state index is 12.6. The summed E-state index contributed by atoms with van der Waals surface area (Å²) in [4.78, 5) is 25.6. The number of hydrogen-bond acceptors (Lipinski definition) is 4. The van der Waals surface area contributed by atoms with E-state index in [-0.39, 0.29) is 18.4 Å². The van der Waals surface area contributed by atoms with Crippen LogP contribution in [0.25, 0.3) is 10.9 Å². The van der Waals surface area contributed by atoms with Gasteiger partial charge in [0.15, 0.2) is 0 Å². The quantitative estimate of drug-likeness (QED) is 0.848. The van der Waals surface area contributed by atoms with E-state index >= 15 is 0 Å². The predicted octanol–water partition coefficient (Wildman–Crippen LogP) is 0.703. The molecule has 2 amide bonds. The molecule has 1 aliphatic rings. The third kappa shape index (κ3) is 3.88. The molecule has 0 bridgehead atoms. The molecule has 26 heavy (non-hydrogen) atoms. The van der Waals surface area contributed by atoms with E-state index < -0.39 is 10.0 Å². The number of amides is 2. The largest absolute Gasteiger partial charge is 0.339 e. The maximum Gasteiger partial charge on any atom is 0.242 e. The van der Waals surface area contributed by atoms with Crippen LogP contribution in [0.5, 0.6) is 0 Å². The first-order valence-electron chi connectivity index (χ1n) is 8.34. The Kier molecular flexibility index (Phi) is 5.01. The summed E-state index contributed by atoms with van der Waals surface area (Å²) < 4.78 is 26.4. The fraction of sp³-hybridized carbons (Fsp3) is 0.412. The standard InChI is InChI=1S/C17H22N4O4S/c1-13(22)18-15-4-3-5-16-14(15)6-7-20(16)12-17(23)19-8-10-21(11-9-19)26(2,24)25/h3-7H,8-12H2,1-2H3,(H,18,22). The van der Waals surface area contributed by atoms with E-state index in [0.29, 0.717) is 31.9 Å². The summed E-state index contributed by atoms with van der Waals surface area (Å²) in [6.07, 6.45) is 3.00. The topological polar surface area (TPSA) is 91.7 Å². The van der Waals surface area contributed by atoms with Gasteiger partial charge in [-0.1, -0.05) is 6.07 Å². The van der Waals surface area contributed by atoms with Gasteiger partial charge in [-0.15, -0.1) is 0 Å². The number of nitrogens with one attached hydrogen (secondary N) is 1. The molecule has 1 aromatic heterocycles. The number of fused-ring (bicyclic) bond motifs is 1. The van der Waals surface area contributed by atoms with Gasteiger partial charge >= 0.3 is 0 Å². The second-order valence-corrected chi connectivity index (χ2v) is 8.39. The Balaban J connectivity index is 1.72. The normalized spacial score (nSPS) is 16.0. The van der Waals surface area contributed by atoms with E-state index in [0.717, 1.165) is 10.9 Å². The summed E-state index contributed by atoms with van der Waals surface area (Å²) in [5.74, 6) is -0.203. The molecular weight excluding hydrogens is 356 g/mol. The van der Waals surface area contributed by atoms with Crippen molar-refractivity contribution in [1.82, 2.24) is 13.8 Å².